The minimum absolute atomic E-state index is 0.150. The van der Waals surface area contributed by atoms with Gasteiger partial charge in [-0.2, -0.15) is 0 Å². The molecule has 1 heterocycles. The number of rotatable bonds is 2. The third-order valence-corrected chi connectivity index (χ3v) is 3.04. The summed E-state index contributed by atoms with van der Waals surface area (Å²) in [4.78, 5) is 5.12. The summed E-state index contributed by atoms with van der Waals surface area (Å²) in [5.41, 5.74) is 1.89. The van der Waals surface area contributed by atoms with Crippen molar-refractivity contribution in [1.82, 2.24) is 0 Å². The summed E-state index contributed by atoms with van der Waals surface area (Å²) >= 11 is 5.93. The maximum absolute atomic E-state index is 5.93. The van der Waals surface area contributed by atoms with Gasteiger partial charge in [0.15, 0.2) is 0 Å². The van der Waals surface area contributed by atoms with Crippen molar-refractivity contribution in [2.24, 2.45) is 10.6 Å². The summed E-state index contributed by atoms with van der Waals surface area (Å²) in [7, 11) is 0. The van der Waals surface area contributed by atoms with Crippen LogP contribution in [0.2, 0.25) is 0 Å². The molecule has 74 valence electrons. The van der Waals surface area contributed by atoms with Crippen molar-refractivity contribution >= 4 is 17.3 Å². The van der Waals surface area contributed by atoms with E-state index in [0.29, 0.717) is 12.5 Å². The van der Waals surface area contributed by atoms with Crippen LogP contribution < -0.4 is 0 Å². The van der Waals surface area contributed by atoms with Crippen molar-refractivity contribution in [3.8, 4) is 0 Å². The molecule has 0 N–H and O–H groups in total. The Morgan fingerprint density at radius 2 is 2.14 bits per heavy atom. The first-order valence-corrected chi connectivity index (χ1v) is 5.11. The molecule has 0 bridgehead atoms. The Bertz CT molecular complexity index is 350. The Morgan fingerprint density at radius 3 is 2.79 bits per heavy atom. The van der Waals surface area contributed by atoms with E-state index in [4.69, 9.17) is 16.4 Å². The zero-order valence-electron chi connectivity index (χ0n) is 8.03. The molecule has 1 aliphatic rings. The second kappa shape index (κ2) is 3.62. The quantitative estimate of drug-likeness (QED) is 0.687. The van der Waals surface area contributed by atoms with Crippen LogP contribution in [0, 0.1) is 5.41 Å². The molecule has 14 heavy (non-hydrogen) atoms. The van der Waals surface area contributed by atoms with E-state index in [1.54, 1.807) is 0 Å². The summed E-state index contributed by atoms with van der Waals surface area (Å²) in [5, 5.41) is 4.06. The first kappa shape index (κ1) is 9.53. The average molecular weight is 210 g/mol. The van der Waals surface area contributed by atoms with Crippen LogP contribution in [-0.2, 0) is 4.84 Å². The second-order valence-electron chi connectivity index (χ2n) is 3.77. The minimum atomic E-state index is -0.150. The number of halogens is 1. The molecule has 0 aromatic heterocycles. The lowest BCUT2D eigenvalue weighted by atomic mass is 9.85. The van der Waals surface area contributed by atoms with Crippen LogP contribution in [0.3, 0.4) is 0 Å². The van der Waals surface area contributed by atoms with Gasteiger partial charge in [-0.05, 0) is 6.92 Å². The Morgan fingerprint density at radius 1 is 1.43 bits per heavy atom. The zero-order chi connectivity index (χ0) is 10.0. The van der Waals surface area contributed by atoms with Crippen LogP contribution in [0.5, 0.6) is 0 Å². The standard InChI is InChI=1S/C11H12ClNO/c1-11(7-12)8-14-13-10(11)9-5-3-2-4-6-9/h2-6H,7-8H2,1H3. The highest BCUT2D eigenvalue weighted by molar-refractivity contribution is 6.21. The van der Waals surface area contributed by atoms with Gasteiger partial charge in [-0.15, -0.1) is 11.6 Å². The molecule has 0 aliphatic carbocycles. The predicted octanol–water partition coefficient (Wildman–Crippen LogP) is 2.67. The lowest BCUT2D eigenvalue weighted by Crippen LogP contribution is -2.30. The van der Waals surface area contributed by atoms with Gasteiger partial charge >= 0.3 is 0 Å². The van der Waals surface area contributed by atoms with E-state index in [1.165, 1.54) is 0 Å². The summed E-state index contributed by atoms with van der Waals surface area (Å²) in [6, 6.07) is 10.0. The highest BCUT2D eigenvalue weighted by Gasteiger charge is 2.36. The topological polar surface area (TPSA) is 21.6 Å². The number of oxime groups is 1. The monoisotopic (exact) mass is 209 g/mol. The number of hydrogen-bond acceptors (Lipinski definition) is 2. The fourth-order valence-corrected chi connectivity index (χ4v) is 1.72. The second-order valence-corrected chi connectivity index (χ2v) is 4.04. The third-order valence-electron chi connectivity index (χ3n) is 2.45. The summed E-state index contributed by atoms with van der Waals surface area (Å²) in [5.74, 6) is 0.528. The average Bonchev–Trinajstić information content (AvgIpc) is 2.63. The van der Waals surface area contributed by atoms with E-state index in [-0.39, 0.29) is 5.41 Å². The molecule has 3 heteroatoms. The summed E-state index contributed by atoms with van der Waals surface area (Å²) in [6.45, 7) is 2.64. The van der Waals surface area contributed by atoms with Gasteiger partial charge in [-0.25, -0.2) is 0 Å². The molecule has 0 saturated heterocycles. The molecule has 1 aliphatic heterocycles. The van der Waals surface area contributed by atoms with Gasteiger partial charge in [-0.1, -0.05) is 35.5 Å². The third kappa shape index (κ3) is 1.50. The van der Waals surface area contributed by atoms with Crippen molar-refractivity contribution in [3.63, 3.8) is 0 Å². The Kier molecular flexibility index (Phi) is 2.46. The van der Waals surface area contributed by atoms with Crippen LogP contribution in [0.1, 0.15) is 12.5 Å². The molecular weight excluding hydrogens is 198 g/mol. The highest BCUT2D eigenvalue weighted by Crippen LogP contribution is 2.30. The normalized spacial score (nSPS) is 25.7. The molecule has 0 spiro atoms. The van der Waals surface area contributed by atoms with Gasteiger partial charge in [-0.3, -0.25) is 0 Å². The van der Waals surface area contributed by atoms with Crippen LogP contribution >= 0.6 is 11.6 Å². The number of nitrogens with zero attached hydrogens (tertiary/aromatic N) is 1. The Labute approximate surface area is 88.5 Å². The molecule has 0 saturated carbocycles. The molecular formula is C11H12ClNO. The maximum Gasteiger partial charge on any atom is 0.129 e. The van der Waals surface area contributed by atoms with E-state index in [2.05, 4.69) is 12.1 Å². The van der Waals surface area contributed by atoms with E-state index in [9.17, 15) is 0 Å². The first-order valence-electron chi connectivity index (χ1n) is 4.58. The minimum Gasteiger partial charge on any atom is -0.395 e. The molecule has 1 atom stereocenters. The van der Waals surface area contributed by atoms with E-state index in [0.717, 1.165) is 11.3 Å². The highest BCUT2D eigenvalue weighted by atomic mass is 35.5. The van der Waals surface area contributed by atoms with Crippen molar-refractivity contribution < 1.29 is 4.84 Å². The van der Waals surface area contributed by atoms with Crippen LogP contribution in [0.15, 0.2) is 35.5 Å². The molecule has 2 rings (SSSR count). The van der Waals surface area contributed by atoms with Crippen LogP contribution in [0.25, 0.3) is 0 Å². The molecule has 0 fully saturated rings. The van der Waals surface area contributed by atoms with E-state index in [1.807, 2.05) is 30.3 Å². The number of alkyl halides is 1. The lowest BCUT2D eigenvalue weighted by Gasteiger charge is -2.19. The molecule has 0 amide bonds. The maximum atomic E-state index is 5.93. The van der Waals surface area contributed by atoms with Gasteiger partial charge in [0.1, 0.15) is 6.61 Å². The smallest absolute Gasteiger partial charge is 0.129 e. The molecule has 1 aromatic carbocycles. The fourth-order valence-electron chi connectivity index (χ4n) is 1.52. The molecule has 0 radical (unpaired) electrons. The summed E-state index contributed by atoms with van der Waals surface area (Å²) < 4.78 is 0. The lowest BCUT2D eigenvalue weighted by molar-refractivity contribution is 0.134. The summed E-state index contributed by atoms with van der Waals surface area (Å²) in [6.07, 6.45) is 0. The predicted molar refractivity (Wildman–Crippen MR) is 57.8 cm³/mol. The Balaban J connectivity index is 2.36. The number of hydrogen-bond donors (Lipinski definition) is 0. The van der Waals surface area contributed by atoms with Crippen molar-refractivity contribution in [3.05, 3.63) is 35.9 Å². The van der Waals surface area contributed by atoms with E-state index < -0.39 is 0 Å². The van der Waals surface area contributed by atoms with Crippen LogP contribution in [0.4, 0.5) is 0 Å². The SMILES string of the molecule is CC1(CCl)CON=C1c1ccccc1. The fraction of sp³-hybridized carbons (Fsp3) is 0.364. The first-order chi connectivity index (χ1) is 6.76. The number of benzene rings is 1. The largest absolute Gasteiger partial charge is 0.395 e. The van der Waals surface area contributed by atoms with Gasteiger partial charge in [0, 0.05) is 11.4 Å². The zero-order valence-corrected chi connectivity index (χ0v) is 8.79. The van der Waals surface area contributed by atoms with Gasteiger partial charge in [0.2, 0.25) is 0 Å². The van der Waals surface area contributed by atoms with Crippen LogP contribution in [-0.4, -0.2) is 18.2 Å². The van der Waals surface area contributed by atoms with Crippen molar-refractivity contribution in [2.75, 3.05) is 12.5 Å². The Hall–Kier alpha value is -1.02. The van der Waals surface area contributed by atoms with Crippen molar-refractivity contribution in [1.29, 1.82) is 0 Å². The van der Waals surface area contributed by atoms with Gasteiger partial charge in [0.25, 0.3) is 0 Å². The molecule has 1 unspecified atom stereocenters. The molecule has 2 nitrogen and oxygen atoms in total. The molecule has 1 aromatic rings. The van der Waals surface area contributed by atoms with Crippen molar-refractivity contribution in [2.45, 2.75) is 6.92 Å². The van der Waals surface area contributed by atoms with Gasteiger partial charge in [0.05, 0.1) is 11.1 Å². The van der Waals surface area contributed by atoms with E-state index >= 15 is 0 Å². The van der Waals surface area contributed by atoms with Gasteiger partial charge < -0.3 is 4.84 Å².